The molecule has 0 unspecified atom stereocenters. The minimum absolute atomic E-state index is 0.500. The molecular weight excluding hydrogens is 170 g/mol. The third-order valence-electron chi connectivity index (χ3n) is 0.738. The maximum atomic E-state index is 8.27. The molecular formula is C5H2BrNO. The normalized spacial score (nSPS) is 8.50. The monoisotopic (exact) mass is 171 g/mol. The minimum atomic E-state index is 0.500. The van der Waals surface area contributed by atoms with Crippen molar-refractivity contribution in [1.82, 2.24) is 0 Å². The van der Waals surface area contributed by atoms with Crippen LogP contribution in [0, 0.1) is 11.3 Å². The summed E-state index contributed by atoms with van der Waals surface area (Å²) in [7, 11) is 0. The topological polar surface area (TPSA) is 36.9 Å². The van der Waals surface area contributed by atoms with E-state index in [-0.39, 0.29) is 0 Å². The lowest BCUT2D eigenvalue weighted by molar-refractivity contribution is 0.540. The minimum Gasteiger partial charge on any atom is -0.456 e. The Morgan fingerprint density at radius 3 is 2.75 bits per heavy atom. The summed E-state index contributed by atoms with van der Waals surface area (Å²) in [4.78, 5) is 0. The summed E-state index contributed by atoms with van der Waals surface area (Å²) in [6.45, 7) is 0. The average Bonchev–Trinajstić information content (AvgIpc) is 2.14. The Labute approximate surface area is 54.9 Å². The van der Waals surface area contributed by atoms with Crippen molar-refractivity contribution in [2.24, 2.45) is 0 Å². The van der Waals surface area contributed by atoms with Crippen molar-refractivity contribution >= 4 is 15.9 Å². The maximum Gasteiger partial charge on any atom is 0.186 e. The molecule has 2 nitrogen and oxygen atoms in total. The molecule has 0 saturated heterocycles. The van der Waals surface area contributed by atoms with Gasteiger partial charge in [0.1, 0.15) is 11.6 Å². The van der Waals surface area contributed by atoms with E-state index in [1.165, 1.54) is 6.26 Å². The molecule has 0 atom stereocenters. The predicted molar refractivity (Wildman–Crippen MR) is 31.1 cm³/mol. The van der Waals surface area contributed by atoms with Crippen molar-refractivity contribution < 1.29 is 4.42 Å². The summed E-state index contributed by atoms with van der Waals surface area (Å²) in [6, 6.07) is 3.54. The Kier molecular flexibility index (Phi) is 1.36. The van der Waals surface area contributed by atoms with Crippen LogP contribution in [0.1, 0.15) is 5.56 Å². The van der Waals surface area contributed by atoms with Gasteiger partial charge in [0.2, 0.25) is 0 Å². The van der Waals surface area contributed by atoms with Crippen molar-refractivity contribution in [3.63, 3.8) is 0 Å². The van der Waals surface area contributed by atoms with Gasteiger partial charge in [-0.15, -0.1) is 0 Å². The van der Waals surface area contributed by atoms with Crippen LogP contribution in [-0.2, 0) is 0 Å². The van der Waals surface area contributed by atoms with E-state index in [9.17, 15) is 0 Å². The fourth-order valence-corrected chi connectivity index (χ4v) is 0.701. The second-order valence-corrected chi connectivity index (χ2v) is 1.94. The smallest absolute Gasteiger partial charge is 0.186 e. The van der Waals surface area contributed by atoms with Gasteiger partial charge in [-0.2, -0.15) is 5.26 Å². The first-order valence-electron chi connectivity index (χ1n) is 1.97. The van der Waals surface area contributed by atoms with E-state index in [0.29, 0.717) is 10.2 Å². The summed E-state index contributed by atoms with van der Waals surface area (Å²) in [5.74, 6) is 0. The zero-order chi connectivity index (χ0) is 5.98. The fourth-order valence-electron chi connectivity index (χ4n) is 0.372. The van der Waals surface area contributed by atoms with E-state index in [1.807, 2.05) is 6.07 Å². The van der Waals surface area contributed by atoms with E-state index in [1.54, 1.807) is 6.07 Å². The summed E-state index contributed by atoms with van der Waals surface area (Å²) in [5, 5.41) is 8.27. The molecule has 0 aliphatic rings. The number of furan rings is 1. The van der Waals surface area contributed by atoms with Gasteiger partial charge >= 0.3 is 0 Å². The first-order valence-corrected chi connectivity index (χ1v) is 2.77. The van der Waals surface area contributed by atoms with Crippen molar-refractivity contribution in [2.75, 3.05) is 0 Å². The van der Waals surface area contributed by atoms with Crippen LogP contribution in [0.2, 0.25) is 0 Å². The van der Waals surface area contributed by atoms with Crippen LogP contribution in [0.3, 0.4) is 0 Å². The lowest BCUT2D eigenvalue weighted by Gasteiger charge is -1.73. The molecule has 1 heterocycles. The fraction of sp³-hybridized carbons (Fsp3) is 0. The number of nitrogens with zero attached hydrogens (tertiary/aromatic N) is 1. The Hall–Kier alpha value is -0.750. The Bertz CT molecular complexity index is 223. The molecule has 0 N–H and O–H groups in total. The second-order valence-electron chi connectivity index (χ2n) is 1.22. The van der Waals surface area contributed by atoms with E-state index >= 15 is 0 Å². The number of nitriles is 1. The van der Waals surface area contributed by atoms with E-state index in [0.717, 1.165) is 0 Å². The van der Waals surface area contributed by atoms with Gasteiger partial charge in [-0.1, -0.05) is 0 Å². The highest BCUT2D eigenvalue weighted by molar-refractivity contribution is 9.10. The largest absolute Gasteiger partial charge is 0.456 e. The van der Waals surface area contributed by atoms with Gasteiger partial charge in [0.15, 0.2) is 4.67 Å². The molecule has 1 aromatic rings. The molecule has 0 aliphatic heterocycles. The Balaban J connectivity index is 3.15. The van der Waals surface area contributed by atoms with E-state index in [4.69, 9.17) is 9.68 Å². The van der Waals surface area contributed by atoms with Crippen LogP contribution in [0.5, 0.6) is 0 Å². The molecule has 0 spiro atoms. The molecule has 0 aromatic carbocycles. The third-order valence-corrected chi connectivity index (χ3v) is 1.35. The summed E-state index contributed by atoms with van der Waals surface area (Å²) < 4.78 is 5.25. The van der Waals surface area contributed by atoms with Crippen molar-refractivity contribution in [2.45, 2.75) is 0 Å². The lowest BCUT2D eigenvalue weighted by Crippen LogP contribution is -1.61. The first kappa shape index (κ1) is 5.39. The summed E-state index contributed by atoms with van der Waals surface area (Å²) in [6.07, 6.45) is 1.46. The lowest BCUT2D eigenvalue weighted by atomic mass is 10.4. The van der Waals surface area contributed by atoms with Gasteiger partial charge in [-0.3, -0.25) is 0 Å². The van der Waals surface area contributed by atoms with Crippen LogP contribution < -0.4 is 0 Å². The average molecular weight is 172 g/mol. The quantitative estimate of drug-likeness (QED) is 0.599. The number of halogens is 1. The van der Waals surface area contributed by atoms with Gasteiger partial charge in [0, 0.05) is 0 Å². The predicted octanol–water partition coefficient (Wildman–Crippen LogP) is 1.91. The molecule has 0 fully saturated rings. The molecule has 0 radical (unpaired) electrons. The van der Waals surface area contributed by atoms with Gasteiger partial charge < -0.3 is 4.42 Å². The zero-order valence-corrected chi connectivity index (χ0v) is 5.47. The third kappa shape index (κ3) is 0.749. The highest BCUT2D eigenvalue weighted by atomic mass is 79.9. The number of hydrogen-bond acceptors (Lipinski definition) is 2. The molecule has 1 rings (SSSR count). The molecule has 0 aliphatic carbocycles. The van der Waals surface area contributed by atoms with Gasteiger partial charge in [0.25, 0.3) is 0 Å². The highest BCUT2D eigenvalue weighted by Crippen LogP contribution is 2.15. The SMILES string of the molecule is N#Cc1ccoc1Br. The van der Waals surface area contributed by atoms with Gasteiger partial charge in [0.05, 0.1) is 6.26 Å². The van der Waals surface area contributed by atoms with E-state index in [2.05, 4.69) is 15.9 Å². The van der Waals surface area contributed by atoms with Crippen LogP contribution in [0.4, 0.5) is 0 Å². The van der Waals surface area contributed by atoms with Gasteiger partial charge in [-0.25, -0.2) is 0 Å². The molecule has 0 amide bonds. The first-order chi connectivity index (χ1) is 3.84. The summed E-state index contributed by atoms with van der Waals surface area (Å²) in [5.41, 5.74) is 0.532. The van der Waals surface area contributed by atoms with Crippen molar-refractivity contribution in [1.29, 1.82) is 5.26 Å². The maximum absolute atomic E-state index is 8.27. The van der Waals surface area contributed by atoms with Crippen LogP contribution in [0.15, 0.2) is 21.4 Å². The van der Waals surface area contributed by atoms with Crippen LogP contribution >= 0.6 is 15.9 Å². The molecule has 0 bridgehead atoms. The summed E-state index contributed by atoms with van der Waals surface area (Å²) >= 11 is 3.04. The Morgan fingerprint density at radius 1 is 1.75 bits per heavy atom. The molecule has 3 heteroatoms. The second kappa shape index (κ2) is 2.01. The molecule has 0 saturated carbocycles. The van der Waals surface area contributed by atoms with Crippen LogP contribution in [-0.4, -0.2) is 0 Å². The van der Waals surface area contributed by atoms with Crippen LogP contribution in [0.25, 0.3) is 0 Å². The molecule has 40 valence electrons. The zero-order valence-electron chi connectivity index (χ0n) is 3.89. The van der Waals surface area contributed by atoms with Crippen molar-refractivity contribution in [3.8, 4) is 6.07 Å². The standard InChI is InChI=1S/C5H2BrNO/c6-5-4(3-7)1-2-8-5/h1-2H. The molecule has 8 heavy (non-hydrogen) atoms. The van der Waals surface area contributed by atoms with Crippen molar-refractivity contribution in [3.05, 3.63) is 22.6 Å². The highest BCUT2D eigenvalue weighted by Gasteiger charge is 1.97. The molecule has 1 aromatic heterocycles. The number of rotatable bonds is 0. The van der Waals surface area contributed by atoms with Gasteiger partial charge in [-0.05, 0) is 22.0 Å². The Morgan fingerprint density at radius 2 is 2.50 bits per heavy atom. The van der Waals surface area contributed by atoms with E-state index < -0.39 is 0 Å². The number of hydrogen-bond donors (Lipinski definition) is 0.